The molecule has 23 heavy (non-hydrogen) atoms. The third-order valence-corrected chi connectivity index (χ3v) is 5.23. The average molecular weight is 319 g/mol. The molecule has 3 rings (SSSR count). The molecule has 1 saturated heterocycles. The maximum atomic E-state index is 13.0. The highest BCUT2D eigenvalue weighted by Gasteiger charge is 2.31. The molecular weight excluding hydrogens is 293 g/mol. The first-order valence-electron chi connectivity index (χ1n) is 8.70. The first-order valence-corrected chi connectivity index (χ1v) is 8.70. The number of anilines is 1. The van der Waals surface area contributed by atoms with E-state index in [-0.39, 0.29) is 17.8 Å². The maximum absolute atomic E-state index is 13.0. The van der Waals surface area contributed by atoms with E-state index in [4.69, 9.17) is 5.73 Å². The third-order valence-electron chi connectivity index (χ3n) is 5.23. The van der Waals surface area contributed by atoms with Gasteiger partial charge in [0.1, 0.15) is 5.82 Å². The lowest BCUT2D eigenvalue weighted by molar-refractivity contribution is -0.134. The normalized spacial score (nSPS) is 21.3. The summed E-state index contributed by atoms with van der Waals surface area (Å²) in [5, 5.41) is 0. The Morgan fingerprint density at radius 2 is 1.65 bits per heavy atom. The zero-order valence-corrected chi connectivity index (χ0v) is 13.6. The van der Waals surface area contributed by atoms with E-state index in [1.54, 1.807) is 12.1 Å². The van der Waals surface area contributed by atoms with Gasteiger partial charge in [-0.25, -0.2) is 4.39 Å². The van der Waals surface area contributed by atoms with E-state index in [1.807, 2.05) is 4.90 Å². The number of hydrogen-bond acceptors (Lipinski definition) is 3. The number of amides is 1. The molecule has 1 saturated carbocycles. The van der Waals surface area contributed by atoms with Crippen LogP contribution in [0.1, 0.15) is 32.1 Å². The fourth-order valence-electron chi connectivity index (χ4n) is 3.74. The van der Waals surface area contributed by atoms with E-state index >= 15 is 0 Å². The van der Waals surface area contributed by atoms with Gasteiger partial charge in [-0.1, -0.05) is 19.3 Å². The first kappa shape index (κ1) is 16.2. The fourth-order valence-corrected chi connectivity index (χ4v) is 3.74. The quantitative estimate of drug-likeness (QED) is 0.930. The van der Waals surface area contributed by atoms with Crippen molar-refractivity contribution in [2.75, 3.05) is 31.1 Å². The molecule has 0 radical (unpaired) electrons. The molecule has 1 aliphatic carbocycles. The highest BCUT2D eigenvalue weighted by Crippen LogP contribution is 2.27. The number of nitrogens with zero attached hydrogens (tertiary/aromatic N) is 2. The van der Waals surface area contributed by atoms with E-state index in [0.29, 0.717) is 19.0 Å². The minimum Gasteiger partial charge on any atom is -0.368 e. The molecule has 126 valence electrons. The summed E-state index contributed by atoms with van der Waals surface area (Å²) >= 11 is 0. The summed E-state index contributed by atoms with van der Waals surface area (Å²) in [6, 6.07) is 6.20. The summed E-state index contributed by atoms with van der Waals surface area (Å²) < 4.78 is 13.0. The molecular formula is C18H26FN3O. The van der Waals surface area contributed by atoms with Crippen LogP contribution in [0.4, 0.5) is 10.1 Å². The zero-order valence-electron chi connectivity index (χ0n) is 13.6. The van der Waals surface area contributed by atoms with Crippen molar-refractivity contribution in [1.82, 2.24) is 4.90 Å². The Hall–Kier alpha value is -1.62. The molecule has 1 aromatic carbocycles. The van der Waals surface area contributed by atoms with Gasteiger partial charge in [0, 0.05) is 31.9 Å². The van der Waals surface area contributed by atoms with Crippen molar-refractivity contribution in [3.63, 3.8) is 0 Å². The van der Waals surface area contributed by atoms with Gasteiger partial charge in [0.2, 0.25) is 5.91 Å². The fraction of sp³-hybridized carbons (Fsp3) is 0.611. The van der Waals surface area contributed by atoms with E-state index in [0.717, 1.165) is 31.6 Å². The molecule has 2 fully saturated rings. The predicted octanol–water partition coefficient (Wildman–Crippen LogP) is 2.38. The molecule has 0 aromatic heterocycles. The summed E-state index contributed by atoms with van der Waals surface area (Å²) in [4.78, 5) is 16.7. The highest BCUT2D eigenvalue weighted by atomic mass is 19.1. The zero-order chi connectivity index (χ0) is 16.2. The minimum absolute atomic E-state index is 0.107. The Bertz CT molecular complexity index is 520. The van der Waals surface area contributed by atoms with Crippen LogP contribution >= 0.6 is 0 Å². The van der Waals surface area contributed by atoms with Gasteiger partial charge in [-0.2, -0.15) is 0 Å². The molecule has 1 amide bonds. The number of piperazine rings is 1. The second kappa shape index (κ2) is 7.30. The van der Waals surface area contributed by atoms with Crippen LogP contribution in [0, 0.1) is 11.7 Å². The topological polar surface area (TPSA) is 49.6 Å². The van der Waals surface area contributed by atoms with Gasteiger partial charge in [0.15, 0.2) is 0 Å². The molecule has 0 spiro atoms. The van der Waals surface area contributed by atoms with Crippen LogP contribution in [-0.2, 0) is 4.79 Å². The van der Waals surface area contributed by atoms with Crippen LogP contribution in [0.15, 0.2) is 24.3 Å². The van der Waals surface area contributed by atoms with Crippen molar-refractivity contribution in [2.45, 2.75) is 38.1 Å². The van der Waals surface area contributed by atoms with Crippen LogP contribution in [0.3, 0.4) is 0 Å². The molecule has 1 aliphatic heterocycles. The average Bonchev–Trinajstić information content (AvgIpc) is 2.62. The Morgan fingerprint density at radius 3 is 2.26 bits per heavy atom. The SMILES string of the molecule is N[C@@H](C(=O)N1CCN(c2ccc(F)cc2)CC1)C1CCCCC1. The number of halogens is 1. The minimum atomic E-state index is -0.340. The van der Waals surface area contributed by atoms with Gasteiger partial charge in [0.05, 0.1) is 6.04 Å². The second-order valence-electron chi connectivity index (χ2n) is 6.71. The standard InChI is InChI=1S/C18H26FN3O/c19-15-6-8-16(9-7-15)21-10-12-22(13-11-21)18(23)17(20)14-4-2-1-3-5-14/h6-9,14,17H,1-5,10-13,20H2/t17-/m1/s1. The Kier molecular flexibility index (Phi) is 5.16. The number of benzene rings is 1. The van der Waals surface area contributed by atoms with E-state index in [2.05, 4.69) is 4.90 Å². The van der Waals surface area contributed by atoms with Crippen molar-refractivity contribution in [3.8, 4) is 0 Å². The summed E-state index contributed by atoms with van der Waals surface area (Å²) in [6.07, 6.45) is 5.84. The van der Waals surface area contributed by atoms with E-state index in [1.165, 1.54) is 31.4 Å². The maximum Gasteiger partial charge on any atom is 0.239 e. The van der Waals surface area contributed by atoms with E-state index in [9.17, 15) is 9.18 Å². The van der Waals surface area contributed by atoms with Crippen molar-refractivity contribution < 1.29 is 9.18 Å². The van der Waals surface area contributed by atoms with Gasteiger partial charge in [0.25, 0.3) is 0 Å². The van der Waals surface area contributed by atoms with Crippen molar-refractivity contribution in [1.29, 1.82) is 0 Å². The highest BCUT2D eigenvalue weighted by molar-refractivity contribution is 5.82. The van der Waals surface area contributed by atoms with Crippen LogP contribution in [0.2, 0.25) is 0 Å². The third kappa shape index (κ3) is 3.83. The molecule has 5 heteroatoms. The Balaban J connectivity index is 1.53. The molecule has 2 N–H and O–H groups in total. The van der Waals surface area contributed by atoms with Crippen LogP contribution < -0.4 is 10.6 Å². The lowest BCUT2D eigenvalue weighted by Gasteiger charge is -2.38. The largest absolute Gasteiger partial charge is 0.368 e. The van der Waals surface area contributed by atoms with Crippen molar-refractivity contribution in [3.05, 3.63) is 30.1 Å². The molecule has 0 bridgehead atoms. The van der Waals surface area contributed by atoms with Crippen molar-refractivity contribution in [2.24, 2.45) is 11.7 Å². The smallest absolute Gasteiger partial charge is 0.239 e. The number of rotatable bonds is 3. The van der Waals surface area contributed by atoms with Gasteiger partial charge in [-0.3, -0.25) is 4.79 Å². The monoisotopic (exact) mass is 319 g/mol. The first-order chi connectivity index (χ1) is 11.1. The van der Waals surface area contributed by atoms with Crippen LogP contribution in [0.5, 0.6) is 0 Å². The lowest BCUT2D eigenvalue weighted by Crippen LogP contribution is -2.55. The molecule has 1 atom stereocenters. The summed E-state index contributed by atoms with van der Waals surface area (Å²) in [5.74, 6) is 0.239. The van der Waals surface area contributed by atoms with Gasteiger partial charge in [-0.05, 0) is 43.0 Å². The summed E-state index contributed by atoms with van der Waals surface area (Å²) in [6.45, 7) is 2.93. The number of carbonyl (C=O) groups excluding carboxylic acids is 1. The second-order valence-corrected chi connectivity index (χ2v) is 6.71. The molecule has 1 heterocycles. The number of hydrogen-bond donors (Lipinski definition) is 1. The van der Waals surface area contributed by atoms with Gasteiger partial charge >= 0.3 is 0 Å². The molecule has 4 nitrogen and oxygen atoms in total. The Morgan fingerprint density at radius 1 is 1.04 bits per heavy atom. The summed E-state index contributed by atoms with van der Waals surface area (Å²) in [7, 11) is 0. The Labute approximate surface area is 137 Å². The van der Waals surface area contributed by atoms with Crippen LogP contribution in [0.25, 0.3) is 0 Å². The number of nitrogens with two attached hydrogens (primary N) is 1. The lowest BCUT2D eigenvalue weighted by atomic mass is 9.83. The molecule has 2 aliphatic rings. The number of carbonyl (C=O) groups is 1. The van der Waals surface area contributed by atoms with Gasteiger partial charge in [-0.15, -0.1) is 0 Å². The molecule has 1 aromatic rings. The van der Waals surface area contributed by atoms with Crippen molar-refractivity contribution >= 4 is 11.6 Å². The van der Waals surface area contributed by atoms with Crippen LogP contribution in [-0.4, -0.2) is 43.0 Å². The van der Waals surface area contributed by atoms with E-state index < -0.39 is 0 Å². The predicted molar refractivity (Wildman–Crippen MR) is 89.7 cm³/mol. The van der Waals surface area contributed by atoms with Gasteiger partial charge < -0.3 is 15.5 Å². The summed E-state index contributed by atoms with van der Waals surface area (Å²) in [5.41, 5.74) is 7.25. The molecule has 0 unspecified atom stereocenters.